The van der Waals surface area contributed by atoms with Crippen LogP contribution in [0.2, 0.25) is 0 Å². The molecule has 0 heterocycles. The maximum Gasteiger partial charge on any atom is 0.306 e. The van der Waals surface area contributed by atoms with Gasteiger partial charge in [0, 0.05) is 26.2 Å². The van der Waals surface area contributed by atoms with E-state index in [1.807, 2.05) is 6.92 Å². The number of amides is 1. The van der Waals surface area contributed by atoms with E-state index in [9.17, 15) is 18.0 Å². The second-order valence-electron chi connectivity index (χ2n) is 5.53. The van der Waals surface area contributed by atoms with Crippen LogP contribution in [0.15, 0.2) is 29.2 Å². The van der Waals surface area contributed by atoms with E-state index < -0.39 is 21.9 Å². The van der Waals surface area contributed by atoms with Gasteiger partial charge < -0.3 is 15.4 Å². The van der Waals surface area contributed by atoms with Gasteiger partial charge in [0.2, 0.25) is 15.9 Å². The number of nitrogens with zero attached hydrogens (tertiary/aromatic N) is 1. The van der Waals surface area contributed by atoms with Gasteiger partial charge in [-0.3, -0.25) is 9.59 Å². The number of esters is 1. The summed E-state index contributed by atoms with van der Waals surface area (Å²) in [6.07, 6.45) is 0.663. The third kappa shape index (κ3) is 7.06. The van der Waals surface area contributed by atoms with Crippen molar-refractivity contribution in [2.24, 2.45) is 0 Å². The molecule has 1 amide bonds. The summed E-state index contributed by atoms with van der Waals surface area (Å²) in [7, 11) is -0.607. The third-order valence-corrected chi connectivity index (χ3v) is 5.20. The van der Waals surface area contributed by atoms with Crippen molar-refractivity contribution in [3.63, 3.8) is 0 Å². The van der Waals surface area contributed by atoms with Crippen LogP contribution in [-0.4, -0.2) is 50.4 Å². The van der Waals surface area contributed by atoms with Crippen LogP contribution >= 0.6 is 12.2 Å². The predicted octanol–water partition coefficient (Wildman–Crippen LogP) is 1.48. The van der Waals surface area contributed by atoms with E-state index in [1.165, 1.54) is 38.4 Å². The molecule has 0 aromatic heterocycles. The number of carbonyl (C=O) groups excluding carboxylic acids is 2. The van der Waals surface area contributed by atoms with Crippen LogP contribution in [-0.2, 0) is 24.3 Å². The highest BCUT2D eigenvalue weighted by Crippen LogP contribution is 2.16. The van der Waals surface area contributed by atoms with E-state index in [0.717, 1.165) is 10.7 Å². The molecule has 1 aromatic carbocycles. The minimum absolute atomic E-state index is 0.0223. The number of anilines is 1. The molecule has 0 aliphatic heterocycles. The molecule has 0 spiro atoms. The van der Waals surface area contributed by atoms with Crippen LogP contribution in [0, 0.1) is 0 Å². The van der Waals surface area contributed by atoms with Gasteiger partial charge in [-0.2, -0.15) is 0 Å². The molecule has 1 aromatic rings. The van der Waals surface area contributed by atoms with Gasteiger partial charge in [-0.15, -0.1) is 0 Å². The number of hydrogen-bond donors (Lipinski definition) is 2. The lowest BCUT2D eigenvalue weighted by molar-refractivity contribution is -0.144. The van der Waals surface area contributed by atoms with Crippen molar-refractivity contribution in [1.29, 1.82) is 0 Å². The number of ether oxygens (including phenoxy) is 1. The van der Waals surface area contributed by atoms with E-state index in [4.69, 9.17) is 17.0 Å². The van der Waals surface area contributed by atoms with Gasteiger partial charge in [-0.1, -0.05) is 6.92 Å². The van der Waals surface area contributed by atoms with Gasteiger partial charge >= 0.3 is 5.97 Å². The second kappa shape index (κ2) is 10.2. The molecule has 0 unspecified atom stereocenters. The lowest BCUT2D eigenvalue weighted by Gasteiger charge is -2.13. The van der Waals surface area contributed by atoms with Crippen LogP contribution in [0.3, 0.4) is 0 Å². The average Bonchev–Trinajstić information content (AvgIpc) is 2.58. The smallest absolute Gasteiger partial charge is 0.306 e. The Labute approximate surface area is 158 Å². The molecule has 2 N–H and O–H groups in total. The maximum absolute atomic E-state index is 12.0. The second-order valence-corrected chi connectivity index (χ2v) is 8.09. The van der Waals surface area contributed by atoms with Gasteiger partial charge in [-0.05, 0) is 42.9 Å². The molecular formula is C16H23N3O5S2. The van der Waals surface area contributed by atoms with Crippen molar-refractivity contribution in [2.75, 3.05) is 26.0 Å². The quantitative estimate of drug-likeness (QED) is 0.502. The number of carbonyl (C=O) groups is 2. The highest BCUT2D eigenvalue weighted by molar-refractivity contribution is 7.89. The third-order valence-electron chi connectivity index (χ3n) is 3.17. The molecule has 0 aliphatic rings. The summed E-state index contributed by atoms with van der Waals surface area (Å²) in [6, 6.07) is 5.95. The van der Waals surface area contributed by atoms with Gasteiger partial charge in [0.05, 0.1) is 17.9 Å². The van der Waals surface area contributed by atoms with Gasteiger partial charge in [0.25, 0.3) is 0 Å². The summed E-state index contributed by atoms with van der Waals surface area (Å²) >= 11 is 5.02. The normalized spacial score (nSPS) is 11.1. The van der Waals surface area contributed by atoms with Gasteiger partial charge in [0.1, 0.15) is 0 Å². The lowest BCUT2D eigenvalue weighted by Crippen LogP contribution is -2.34. The first kappa shape index (κ1) is 22.0. The van der Waals surface area contributed by atoms with Crippen molar-refractivity contribution in [3.05, 3.63) is 24.3 Å². The van der Waals surface area contributed by atoms with E-state index in [1.54, 1.807) is 0 Å². The van der Waals surface area contributed by atoms with Crippen LogP contribution in [0.25, 0.3) is 0 Å². The van der Waals surface area contributed by atoms with Gasteiger partial charge in [0.15, 0.2) is 5.11 Å². The molecule has 10 heteroatoms. The molecule has 8 nitrogen and oxygen atoms in total. The van der Waals surface area contributed by atoms with Crippen molar-refractivity contribution in [2.45, 2.75) is 31.1 Å². The Hall–Kier alpha value is -2.04. The first-order valence-electron chi connectivity index (χ1n) is 7.96. The minimum atomic E-state index is -3.50. The van der Waals surface area contributed by atoms with Crippen LogP contribution in [0.1, 0.15) is 26.2 Å². The van der Waals surface area contributed by atoms with Crippen LogP contribution < -0.4 is 10.6 Å². The number of sulfonamides is 1. The number of thiocarbonyl (C=S) groups is 1. The molecule has 0 saturated heterocycles. The molecule has 144 valence electrons. The molecule has 0 saturated carbocycles. The van der Waals surface area contributed by atoms with Crippen molar-refractivity contribution in [3.8, 4) is 0 Å². The molecule has 0 bridgehead atoms. The van der Waals surface area contributed by atoms with Crippen LogP contribution in [0.4, 0.5) is 5.69 Å². The number of rotatable bonds is 8. The zero-order valence-corrected chi connectivity index (χ0v) is 16.6. The topological polar surface area (TPSA) is 105 Å². The Morgan fingerprint density at radius 2 is 1.77 bits per heavy atom. The van der Waals surface area contributed by atoms with Crippen molar-refractivity contribution < 1.29 is 22.7 Å². The fourth-order valence-electron chi connectivity index (χ4n) is 1.78. The first-order valence-corrected chi connectivity index (χ1v) is 9.80. The Kier molecular flexibility index (Phi) is 8.62. The molecular weight excluding hydrogens is 378 g/mol. The largest absolute Gasteiger partial charge is 0.466 e. The molecule has 0 radical (unpaired) electrons. The Balaban J connectivity index is 2.50. The first-order chi connectivity index (χ1) is 12.2. The summed E-state index contributed by atoms with van der Waals surface area (Å²) in [5, 5.41) is 5.28. The number of nitrogens with one attached hydrogen (secondary N) is 2. The molecule has 0 aliphatic carbocycles. The maximum atomic E-state index is 12.0. The molecule has 1 rings (SSSR count). The summed E-state index contributed by atoms with van der Waals surface area (Å²) in [5.41, 5.74) is 0.523. The standard InChI is InChI=1S/C16H23N3O5S2/c1-4-11-24-15(21)10-9-14(20)18-16(25)17-12-5-7-13(8-6-12)26(22,23)19(2)3/h5-8H,4,9-11H2,1-3H3,(H2,17,18,20,25). The summed E-state index contributed by atoms with van der Waals surface area (Å²) in [6.45, 7) is 2.21. The van der Waals surface area contributed by atoms with E-state index in [2.05, 4.69) is 10.6 Å². The molecule has 0 fully saturated rings. The summed E-state index contributed by atoms with van der Waals surface area (Å²) in [5.74, 6) is -0.846. The Morgan fingerprint density at radius 1 is 1.15 bits per heavy atom. The zero-order valence-electron chi connectivity index (χ0n) is 14.9. The number of benzene rings is 1. The fraction of sp³-hybridized carbons (Fsp3) is 0.438. The Morgan fingerprint density at radius 3 is 2.31 bits per heavy atom. The molecule has 0 atom stereocenters. The van der Waals surface area contributed by atoms with Crippen molar-refractivity contribution in [1.82, 2.24) is 9.62 Å². The highest BCUT2D eigenvalue weighted by atomic mass is 32.2. The fourth-order valence-corrected chi connectivity index (χ4v) is 2.91. The average molecular weight is 402 g/mol. The minimum Gasteiger partial charge on any atom is -0.466 e. The van der Waals surface area contributed by atoms with Gasteiger partial charge in [-0.25, -0.2) is 12.7 Å². The molecule has 26 heavy (non-hydrogen) atoms. The highest BCUT2D eigenvalue weighted by Gasteiger charge is 2.16. The summed E-state index contributed by atoms with van der Waals surface area (Å²) in [4.78, 5) is 23.2. The number of hydrogen-bond acceptors (Lipinski definition) is 6. The van der Waals surface area contributed by atoms with E-state index in [-0.39, 0.29) is 22.8 Å². The monoisotopic (exact) mass is 401 g/mol. The Bertz CT molecular complexity index is 746. The SMILES string of the molecule is CCCOC(=O)CCC(=O)NC(=S)Nc1ccc(S(=O)(=O)N(C)C)cc1. The summed E-state index contributed by atoms with van der Waals surface area (Å²) < 4.78 is 30.0. The van der Waals surface area contributed by atoms with E-state index in [0.29, 0.717) is 12.3 Å². The predicted molar refractivity (Wildman–Crippen MR) is 102 cm³/mol. The van der Waals surface area contributed by atoms with Crippen LogP contribution in [0.5, 0.6) is 0 Å². The van der Waals surface area contributed by atoms with E-state index >= 15 is 0 Å². The zero-order chi connectivity index (χ0) is 19.7. The lowest BCUT2D eigenvalue weighted by atomic mass is 10.3. The van der Waals surface area contributed by atoms with Crippen molar-refractivity contribution >= 4 is 44.9 Å².